The molecule has 0 radical (unpaired) electrons. The molecule has 6 nitrogen and oxygen atoms in total. The molecule has 1 N–H and O–H groups in total. The van der Waals surface area contributed by atoms with Crippen LogP contribution in [0.2, 0.25) is 5.02 Å². The minimum Gasteiger partial charge on any atom is -0.411 e. The fraction of sp³-hybridized carbons (Fsp3) is 0.214. The standard InChI is InChI=1S/C14H11ClN4O2S/c1-8(17)11(6-16)12(20)7-22-14-19-18-13(21-14)9-2-4-10(15)5-3-9/h2-5,11,17H,7H2,1H3. The molecule has 1 unspecified atom stereocenters. The number of aromatic nitrogens is 2. The Kier molecular flexibility index (Phi) is 5.31. The summed E-state index contributed by atoms with van der Waals surface area (Å²) < 4.78 is 5.44. The quantitative estimate of drug-likeness (QED) is 0.642. The van der Waals surface area contributed by atoms with Crippen molar-refractivity contribution < 1.29 is 9.21 Å². The van der Waals surface area contributed by atoms with Crippen LogP contribution in [0.25, 0.3) is 11.5 Å². The van der Waals surface area contributed by atoms with E-state index in [1.165, 1.54) is 6.92 Å². The highest BCUT2D eigenvalue weighted by molar-refractivity contribution is 7.99. The first-order valence-corrected chi connectivity index (χ1v) is 7.57. The number of rotatable bonds is 6. The topological polar surface area (TPSA) is 104 Å². The third-order valence-corrected chi connectivity index (χ3v) is 3.81. The van der Waals surface area contributed by atoms with E-state index in [0.717, 1.165) is 17.3 Å². The summed E-state index contributed by atoms with van der Waals surface area (Å²) in [7, 11) is 0. The highest BCUT2D eigenvalue weighted by Gasteiger charge is 2.21. The van der Waals surface area contributed by atoms with Crippen LogP contribution in [-0.4, -0.2) is 27.4 Å². The maximum Gasteiger partial charge on any atom is 0.277 e. The summed E-state index contributed by atoms with van der Waals surface area (Å²) in [6.07, 6.45) is 0. The maximum atomic E-state index is 11.8. The number of Topliss-reactive ketones (excluding diaryl/α,β-unsaturated/α-hetero) is 1. The molecule has 0 saturated carbocycles. The normalized spacial score (nSPS) is 11.7. The van der Waals surface area contributed by atoms with Crippen molar-refractivity contribution >= 4 is 34.9 Å². The number of carbonyl (C=O) groups is 1. The van der Waals surface area contributed by atoms with Crippen LogP contribution < -0.4 is 0 Å². The molecule has 0 aliphatic carbocycles. The molecular formula is C14H11ClN4O2S. The van der Waals surface area contributed by atoms with E-state index in [1.807, 2.05) is 6.07 Å². The highest BCUT2D eigenvalue weighted by Crippen LogP contribution is 2.24. The van der Waals surface area contributed by atoms with Gasteiger partial charge in [-0.2, -0.15) is 5.26 Å². The van der Waals surface area contributed by atoms with Crippen molar-refractivity contribution in [3.8, 4) is 17.5 Å². The molecule has 1 atom stereocenters. The highest BCUT2D eigenvalue weighted by atomic mass is 35.5. The van der Waals surface area contributed by atoms with Crippen LogP contribution in [0, 0.1) is 22.7 Å². The van der Waals surface area contributed by atoms with Crippen molar-refractivity contribution in [3.05, 3.63) is 29.3 Å². The van der Waals surface area contributed by atoms with Gasteiger partial charge in [0.05, 0.1) is 11.8 Å². The zero-order chi connectivity index (χ0) is 16.1. The number of hydrogen-bond donors (Lipinski definition) is 1. The fourth-order valence-corrected chi connectivity index (χ4v) is 2.40. The van der Waals surface area contributed by atoms with Gasteiger partial charge in [0.1, 0.15) is 5.92 Å². The van der Waals surface area contributed by atoms with Gasteiger partial charge >= 0.3 is 0 Å². The summed E-state index contributed by atoms with van der Waals surface area (Å²) in [6, 6.07) is 8.73. The fourth-order valence-electron chi connectivity index (χ4n) is 1.60. The number of thioether (sulfide) groups is 1. The summed E-state index contributed by atoms with van der Waals surface area (Å²) >= 11 is 6.85. The molecule has 2 rings (SSSR count). The second kappa shape index (κ2) is 7.20. The van der Waals surface area contributed by atoms with Gasteiger partial charge in [-0.3, -0.25) is 4.79 Å². The molecule has 2 aromatic rings. The van der Waals surface area contributed by atoms with E-state index in [4.69, 9.17) is 26.7 Å². The molecule has 1 aromatic carbocycles. The molecule has 0 aliphatic rings. The average molecular weight is 335 g/mol. The molecule has 22 heavy (non-hydrogen) atoms. The minimum atomic E-state index is -1.02. The van der Waals surface area contributed by atoms with Crippen molar-refractivity contribution in [1.82, 2.24) is 10.2 Å². The molecule has 0 spiro atoms. The molecule has 112 valence electrons. The Morgan fingerprint density at radius 2 is 2.14 bits per heavy atom. The second-order valence-corrected chi connectivity index (χ2v) is 5.74. The zero-order valence-corrected chi connectivity index (χ0v) is 13.1. The number of nitrogens with zero attached hydrogens (tertiary/aromatic N) is 3. The number of carbonyl (C=O) groups excluding carboxylic acids is 1. The maximum absolute atomic E-state index is 11.8. The Labute approximate surface area is 136 Å². The summed E-state index contributed by atoms with van der Waals surface area (Å²) in [5.41, 5.74) is 0.751. The van der Waals surface area contributed by atoms with E-state index in [9.17, 15) is 4.79 Å². The van der Waals surface area contributed by atoms with Gasteiger partial charge in [-0.15, -0.1) is 10.2 Å². The van der Waals surface area contributed by atoms with Crippen molar-refractivity contribution in [1.29, 1.82) is 10.7 Å². The minimum absolute atomic E-state index is 0.00328. The number of halogens is 1. The molecular weight excluding hydrogens is 324 g/mol. The lowest BCUT2D eigenvalue weighted by molar-refractivity contribution is -0.117. The van der Waals surface area contributed by atoms with Gasteiger partial charge in [0.15, 0.2) is 5.78 Å². The van der Waals surface area contributed by atoms with Gasteiger partial charge < -0.3 is 9.83 Å². The Morgan fingerprint density at radius 1 is 1.45 bits per heavy atom. The van der Waals surface area contributed by atoms with E-state index < -0.39 is 5.92 Å². The first-order chi connectivity index (χ1) is 10.5. The number of benzene rings is 1. The Bertz CT molecular complexity index is 736. The number of nitrogens with one attached hydrogen (secondary N) is 1. The molecule has 0 fully saturated rings. The van der Waals surface area contributed by atoms with Crippen LogP contribution in [0.1, 0.15) is 6.92 Å². The Balaban J connectivity index is 2.01. The van der Waals surface area contributed by atoms with Crippen LogP contribution in [0.5, 0.6) is 0 Å². The van der Waals surface area contributed by atoms with E-state index in [0.29, 0.717) is 10.9 Å². The number of hydrogen-bond acceptors (Lipinski definition) is 7. The van der Waals surface area contributed by atoms with Gasteiger partial charge in [-0.05, 0) is 31.2 Å². The molecule has 0 amide bonds. The predicted octanol–water partition coefficient (Wildman–Crippen LogP) is 3.23. The number of ketones is 1. The van der Waals surface area contributed by atoms with E-state index in [2.05, 4.69) is 10.2 Å². The first kappa shape index (κ1) is 16.2. The van der Waals surface area contributed by atoms with Crippen molar-refractivity contribution in [2.75, 3.05) is 5.75 Å². The van der Waals surface area contributed by atoms with Crippen LogP contribution in [0.3, 0.4) is 0 Å². The zero-order valence-electron chi connectivity index (χ0n) is 11.5. The summed E-state index contributed by atoms with van der Waals surface area (Å²) in [4.78, 5) is 11.8. The molecule has 0 saturated heterocycles. The van der Waals surface area contributed by atoms with Crippen LogP contribution in [0.4, 0.5) is 0 Å². The van der Waals surface area contributed by atoms with Crippen LogP contribution in [0.15, 0.2) is 33.9 Å². The molecule has 8 heteroatoms. The molecule has 0 aliphatic heterocycles. The lowest BCUT2D eigenvalue weighted by Gasteiger charge is -2.03. The lowest BCUT2D eigenvalue weighted by Crippen LogP contribution is -2.21. The van der Waals surface area contributed by atoms with Crippen molar-refractivity contribution in [2.45, 2.75) is 12.1 Å². The van der Waals surface area contributed by atoms with Crippen LogP contribution in [-0.2, 0) is 4.79 Å². The van der Waals surface area contributed by atoms with Crippen molar-refractivity contribution in [3.63, 3.8) is 0 Å². The second-order valence-electron chi connectivity index (χ2n) is 4.38. The van der Waals surface area contributed by atoms with Gasteiger partial charge in [0.2, 0.25) is 5.89 Å². The van der Waals surface area contributed by atoms with E-state index in [-0.39, 0.29) is 22.5 Å². The van der Waals surface area contributed by atoms with Gasteiger partial charge in [0.25, 0.3) is 5.22 Å². The molecule has 1 aromatic heterocycles. The first-order valence-electron chi connectivity index (χ1n) is 6.21. The largest absolute Gasteiger partial charge is 0.411 e. The number of nitriles is 1. The summed E-state index contributed by atoms with van der Waals surface area (Å²) in [5.74, 6) is -1.06. The molecule has 0 bridgehead atoms. The summed E-state index contributed by atoms with van der Waals surface area (Å²) in [5, 5.41) is 24.8. The Hall–Kier alpha value is -2.17. The lowest BCUT2D eigenvalue weighted by atomic mass is 10.0. The monoisotopic (exact) mass is 334 g/mol. The van der Waals surface area contributed by atoms with Crippen molar-refractivity contribution in [2.24, 2.45) is 5.92 Å². The Morgan fingerprint density at radius 3 is 2.73 bits per heavy atom. The molecule has 1 heterocycles. The van der Waals surface area contributed by atoms with E-state index >= 15 is 0 Å². The van der Waals surface area contributed by atoms with Gasteiger partial charge in [-0.1, -0.05) is 23.4 Å². The SMILES string of the molecule is CC(=N)C(C#N)C(=O)CSc1nnc(-c2ccc(Cl)cc2)o1. The third kappa shape index (κ3) is 3.93. The van der Waals surface area contributed by atoms with Gasteiger partial charge in [0, 0.05) is 16.3 Å². The van der Waals surface area contributed by atoms with Crippen LogP contribution >= 0.6 is 23.4 Å². The third-order valence-electron chi connectivity index (χ3n) is 2.72. The van der Waals surface area contributed by atoms with Gasteiger partial charge in [-0.25, -0.2) is 0 Å². The summed E-state index contributed by atoms with van der Waals surface area (Å²) in [6.45, 7) is 1.43. The smallest absolute Gasteiger partial charge is 0.277 e. The average Bonchev–Trinajstić information content (AvgIpc) is 2.95. The predicted molar refractivity (Wildman–Crippen MR) is 83.0 cm³/mol. The van der Waals surface area contributed by atoms with E-state index in [1.54, 1.807) is 24.3 Å².